The van der Waals surface area contributed by atoms with Crippen LogP contribution in [0.4, 0.5) is 4.79 Å². The van der Waals surface area contributed by atoms with Crippen molar-refractivity contribution >= 4 is 12.4 Å². The largest absolute Gasteiger partial charge is 0.369 e. The van der Waals surface area contributed by atoms with Crippen LogP contribution in [-0.4, -0.2) is 29.0 Å². The van der Waals surface area contributed by atoms with Gasteiger partial charge < -0.3 is 5.11 Å². The lowest BCUT2D eigenvalue weighted by atomic mass is 10.6. The van der Waals surface area contributed by atoms with Gasteiger partial charge in [0.25, 0.3) is 0 Å². The van der Waals surface area contributed by atoms with Gasteiger partial charge in [-0.2, -0.15) is 0 Å². The second-order valence-electron chi connectivity index (χ2n) is 1.47. The molecule has 5 heteroatoms. The zero-order valence-electron chi connectivity index (χ0n) is 5.57. The summed E-state index contributed by atoms with van der Waals surface area (Å²) in [5.74, 6) is 0. The highest BCUT2D eigenvalue weighted by Crippen LogP contribution is 1.88. The van der Waals surface area contributed by atoms with E-state index in [2.05, 4.69) is 0 Å². The van der Waals surface area contributed by atoms with Gasteiger partial charge in [0.15, 0.2) is 6.73 Å². The minimum atomic E-state index is -0.639. The van der Waals surface area contributed by atoms with Crippen LogP contribution in [-0.2, 0) is 4.79 Å². The molecule has 0 aromatic rings. The van der Waals surface area contributed by atoms with E-state index < -0.39 is 6.03 Å². The summed E-state index contributed by atoms with van der Waals surface area (Å²) in [6.45, 7) is 2.59. The van der Waals surface area contributed by atoms with Crippen LogP contribution in [0.2, 0.25) is 0 Å². The molecule has 0 aliphatic carbocycles. The van der Waals surface area contributed by atoms with Crippen molar-refractivity contribution in [1.29, 1.82) is 0 Å². The summed E-state index contributed by atoms with van der Waals surface area (Å²) in [7, 11) is 0. The number of rotatable bonds is 3. The molecule has 3 amide bonds. The molecule has 0 aromatic heterocycles. The standard InChI is InChI=1S/C5H9N2O3/c1-2-7(4-9)5(10)6-3-8/h3-4,9H,2H2,1H3,(H,6,8,10). The number of hydrogen-bond acceptors (Lipinski definition) is 3. The average Bonchev–Trinajstić information content (AvgIpc) is 1.91. The molecule has 0 unspecified atom stereocenters. The molecule has 5 nitrogen and oxygen atoms in total. The van der Waals surface area contributed by atoms with Gasteiger partial charge in [0.2, 0.25) is 6.41 Å². The molecule has 0 spiro atoms. The van der Waals surface area contributed by atoms with E-state index in [1.165, 1.54) is 0 Å². The van der Waals surface area contributed by atoms with Crippen molar-refractivity contribution in [1.82, 2.24) is 10.2 Å². The van der Waals surface area contributed by atoms with Crippen molar-refractivity contribution in [3.8, 4) is 0 Å². The number of hydrogen-bond donors (Lipinski definition) is 2. The summed E-state index contributed by atoms with van der Waals surface area (Å²) in [6.07, 6.45) is 0.258. The lowest BCUT2D eigenvalue weighted by molar-refractivity contribution is -0.108. The van der Waals surface area contributed by atoms with E-state index in [0.29, 0.717) is 13.3 Å². The molecule has 2 N–H and O–H groups in total. The molecule has 1 radical (unpaired) electrons. The minimum absolute atomic E-state index is 0.258. The Morgan fingerprint density at radius 2 is 2.40 bits per heavy atom. The zero-order valence-corrected chi connectivity index (χ0v) is 5.57. The Balaban J connectivity index is 3.76. The Morgan fingerprint density at radius 1 is 1.80 bits per heavy atom. The molecule has 10 heavy (non-hydrogen) atoms. The Labute approximate surface area is 58.6 Å². The number of nitrogens with zero attached hydrogens (tertiary/aromatic N) is 1. The minimum Gasteiger partial charge on any atom is -0.369 e. The molecule has 0 saturated heterocycles. The number of carbonyl (C=O) groups excluding carboxylic acids is 2. The highest BCUT2D eigenvalue weighted by Gasteiger charge is 2.07. The normalized spacial score (nSPS) is 8.60. The van der Waals surface area contributed by atoms with Crippen LogP contribution in [0.5, 0.6) is 0 Å². The summed E-state index contributed by atoms with van der Waals surface area (Å²) in [4.78, 5) is 21.2. The van der Waals surface area contributed by atoms with Crippen LogP contribution in [0.1, 0.15) is 6.92 Å². The SMILES string of the molecule is CCN([CH]O)C(=O)NC=O. The van der Waals surface area contributed by atoms with Gasteiger partial charge in [0, 0.05) is 6.54 Å². The third kappa shape index (κ3) is 2.45. The van der Waals surface area contributed by atoms with Crippen LogP contribution in [0, 0.1) is 6.73 Å². The van der Waals surface area contributed by atoms with Crippen molar-refractivity contribution in [2.24, 2.45) is 0 Å². The van der Waals surface area contributed by atoms with Crippen molar-refractivity contribution in [3.05, 3.63) is 6.73 Å². The third-order valence-corrected chi connectivity index (χ3v) is 0.923. The Morgan fingerprint density at radius 3 is 2.70 bits per heavy atom. The first-order valence-corrected chi connectivity index (χ1v) is 2.74. The molecule has 0 aliphatic heterocycles. The summed E-state index contributed by atoms with van der Waals surface area (Å²) in [5, 5.41) is 10.2. The molecule has 0 aliphatic rings. The van der Waals surface area contributed by atoms with Crippen molar-refractivity contribution < 1.29 is 14.7 Å². The molecular formula is C5H9N2O3. The van der Waals surface area contributed by atoms with E-state index >= 15 is 0 Å². The van der Waals surface area contributed by atoms with E-state index in [0.717, 1.165) is 4.90 Å². The fourth-order valence-corrected chi connectivity index (χ4v) is 0.411. The number of urea groups is 1. The summed E-state index contributed by atoms with van der Waals surface area (Å²) in [5.41, 5.74) is 0. The fraction of sp³-hybridized carbons (Fsp3) is 0.400. The monoisotopic (exact) mass is 145 g/mol. The topological polar surface area (TPSA) is 69.6 Å². The predicted octanol–water partition coefficient (Wildman–Crippen LogP) is -0.334. The van der Waals surface area contributed by atoms with Crippen molar-refractivity contribution in [3.63, 3.8) is 0 Å². The number of aliphatic hydroxyl groups is 1. The van der Waals surface area contributed by atoms with Gasteiger partial charge in [-0.15, -0.1) is 0 Å². The maximum absolute atomic E-state index is 10.6. The van der Waals surface area contributed by atoms with Gasteiger partial charge in [-0.25, -0.2) is 4.79 Å². The van der Waals surface area contributed by atoms with E-state index in [9.17, 15) is 9.59 Å². The molecule has 0 bridgehead atoms. The number of amides is 3. The second kappa shape index (κ2) is 4.75. The molecule has 0 fully saturated rings. The van der Waals surface area contributed by atoms with Crippen molar-refractivity contribution in [2.45, 2.75) is 6.92 Å². The molecular weight excluding hydrogens is 136 g/mol. The van der Waals surface area contributed by atoms with Crippen LogP contribution in [0.25, 0.3) is 0 Å². The summed E-state index contributed by atoms with van der Waals surface area (Å²) >= 11 is 0. The molecule has 0 rings (SSSR count). The number of carbonyl (C=O) groups is 2. The second-order valence-corrected chi connectivity index (χ2v) is 1.47. The fourth-order valence-electron chi connectivity index (χ4n) is 0.411. The molecule has 0 heterocycles. The van der Waals surface area contributed by atoms with E-state index in [-0.39, 0.29) is 6.41 Å². The smallest absolute Gasteiger partial charge is 0.326 e. The maximum Gasteiger partial charge on any atom is 0.326 e. The number of aliphatic hydroxyl groups excluding tert-OH is 1. The highest BCUT2D eigenvalue weighted by molar-refractivity contribution is 5.84. The lowest BCUT2D eigenvalue weighted by Gasteiger charge is -2.14. The van der Waals surface area contributed by atoms with E-state index in [1.54, 1.807) is 6.92 Å². The Kier molecular flexibility index (Phi) is 4.23. The number of nitrogens with one attached hydrogen (secondary N) is 1. The van der Waals surface area contributed by atoms with Gasteiger partial charge in [0.1, 0.15) is 0 Å². The van der Waals surface area contributed by atoms with Crippen molar-refractivity contribution in [2.75, 3.05) is 6.54 Å². The van der Waals surface area contributed by atoms with Gasteiger partial charge in [-0.05, 0) is 6.92 Å². The number of imide groups is 1. The van der Waals surface area contributed by atoms with Gasteiger partial charge in [-0.1, -0.05) is 0 Å². The average molecular weight is 145 g/mol. The molecule has 57 valence electrons. The first-order valence-electron chi connectivity index (χ1n) is 2.74. The predicted molar refractivity (Wildman–Crippen MR) is 33.2 cm³/mol. The molecule has 0 atom stereocenters. The summed E-state index contributed by atoms with van der Waals surface area (Å²) in [6, 6.07) is -0.639. The first kappa shape index (κ1) is 8.90. The maximum atomic E-state index is 10.6. The van der Waals surface area contributed by atoms with Crippen LogP contribution in [0.15, 0.2) is 0 Å². The lowest BCUT2D eigenvalue weighted by Crippen LogP contribution is -2.37. The Hall–Kier alpha value is -1.10. The summed E-state index contributed by atoms with van der Waals surface area (Å²) < 4.78 is 0. The van der Waals surface area contributed by atoms with E-state index in [1.807, 2.05) is 5.32 Å². The van der Waals surface area contributed by atoms with E-state index in [4.69, 9.17) is 5.11 Å². The van der Waals surface area contributed by atoms with Crippen LogP contribution >= 0.6 is 0 Å². The van der Waals surface area contributed by atoms with Gasteiger partial charge in [0.05, 0.1) is 0 Å². The van der Waals surface area contributed by atoms with Gasteiger partial charge >= 0.3 is 6.03 Å². The first-order chi connectivity index (χ1) is 4.76. The van der Waals surface area contributed by atoms with Gasteiger partial charge in [-0.3, -0.25) is 15.0 Å². The van der Waals surface area contributed by atoms with Crippen LogP contribution in [0.3, 0.4) is 0 Å². The Bertz CT molecular complexity index is 122. The third-order valence-electron chi connectivity index (χ3n) is 0.923. The zero-order chi connectivity index (χ0) is 7.98. The molecule has 0 saturated carbocycles. The molecule has 0 aromatic carbocycles. The van der Waals surface area contributed by atoms with Crippen LogP contribution < -0.4 is 5.32 Å². The highest BCUT2D eigenvalue weighted by atomic mass is 16.3. The quantitative estimate of drug-likeness (QED) is 0.534.